The summed E-state index contributed by atoms with van der Waals surface area (Å²) in [5.74, 6) is -0.0223. The van der Waals surface area contributed by atoms with Crippen LogP contribution in [0.15, 0.2) is 0 Å². The molecule has 0 fully saturated rings. The Balaban J connectivity index is 3.39. The Morgan fingerprint density at radius 2 is 0.603 bits per heavy atom. The average Bonchev–Trinajstić information content (AvgIpc) is 3.34. The Morgan fingerprint density at radius 3 is 0.897 bits per heavy atom. The van der Waals surface area contributed by atoms with Crippen LogP contribution in [0.1, 0.15) is 361 Å². The molecule has 0 aliphatic carbocycles. The lowest BCUT2D eigenvalue weighted by Gasteiger charge is -2.22. The zero-order chi connectivity index (χ0) is 49.3. The van der Waals surface area contributed by atoms with Crippen LogP contribution in [0.3, 0.4) is 0 Å². The molecule has 0 aromatic heterocycles. The van der Waals surface area contributed by atoms with Crippen molar-refractivity contribution >= 4 is 11.9 Å². The third-order valence-electron chi connectivity index (χ3n) is 14.9. The number of aliphatic hydroxyl groups excluding tert-OH is 2. The molecule has 0 radical (unpaired) electrons. The van der Waals surface area contributed by atoms with Crippen molar-refractivity contribution in [2.75, 3.05) is 13.2 Å². The maximum Gasteiger partial charge on any atom is 0.305 e. The summed E-state index contributed by atoms with van der Waals surface area (Å²) < 4.78 is 5.47. The second-order valence-corrected chi connectivity index (χ2v) is 21.8. The number of carbonyl (C=O) groups is 2. The van der Waals surface area contributed by atoms with Gasteiger partial charge in [-0.15, -0.1) is 0 Å². The van der Waals surface area contributed by atoms with Crippen molar-refractivity contribution in [3.8, 4) is 0 Å². The lowest BCUT2D eigenvalue weighted by Crippen LogP contribution is -2.45. The fourth-order valence-electron chi connectivity index (χ4n) is 10.1. The summed E-state index contributed by atoms with van der Waals surface area (Å²) in [6.45, 7) is 4.98. The lowest BCUT2D eigenvalue weighted by atomic mass is 10.0. The monoisotopic (exact) mass is 962 g/mol. The molecule has 0 aromatic rings. The molecule has 0 aromatic carbocycles. The number of unbranched alkanes of at least 4 members (excludes halogenated alkanes) is 48. The second kappa shape index (κ2) is 58.4. The predicted molar refractivity (Wildman–Crippen MR) is 297 cm³/mol. The largest absolute Gasteiger partial charge is 0.466 e. The van der Waals surface area contributed by atoms with Gasteiger partial charge in [0.1, 0.15) is 0 Å². The fourth-order valence-corrected chi connectivity index (χ4v) is 10.1. The van der Waals surface area contributed by atoms with Crippen molar-refractivity contribution in [2.45, 2.75) is 373 Å². The van der Waals surface area contributed by atoms with Crippen molar-refractivity contribution in [3.05, 3.63) is 0 Å². The van der Waals surface area contributed by atoms with E-state index in [1.54, 1.807) is 0 Å². The normalized spacial score (nSPS) is 12.5. The zero-order valence-electron chi connectivity index (χ0n) is 46.4. The molecule has 1 amide bonds. The first-order chi connectivity index (χ1) is 33.5. The average molecular weight is 963 g/mol. The van der Waals surface area contributed by atoms with E-state index in [9.17, 15) is 19.8 Å². The van der Waals surface area contributed by atoms with E-state index >= 15 is 0 Å². The van der Waals surface area contributed by atoms with Gasteiger partial charge in [-0.2, -0.15) is 0 Å². The predicted octanol–water partition coefficient (Wildman–Crippen LogP) is 19.5. The summed E-state index contributed by atoms with van der Waals surface area (Å²) in [7, 11) is 0. The van der Waals surface area contributed by atoms with Crippen LogP contribution in [-0.4, -0.2) is 47.4 Å². The van der Waals surface area contributed by atoms with Crippen LogP contribution in [0, 0.1) is 0 Å². The van der Waals surface area contributed by atoms with E-state index in [1.165, 1.54) is 289 Å². The Hall–Kier alpha value is -1.14. The van der Waals surface area contributed by atoms with Crippen LogP contribution in [0.25, 0.3) is 0 Å². The van der Waals surface area contributed by atoms with Crippen LogP contribution in [-0.2, 0) is 14.3 Å². The van der Waals surface area contributed by atoms with Gasteiger partial charge in [-0.1, -0.05) is 322 Å². The number of nitrogens with one attached hydrogen (secondary N) is 1. The van der Waals surface area contributed by atoms with Crippen molar-refractivity contribution in [1.82, 2.24) is 5.32 Å². The van der Waals surface area contributed by atoms with E-state index in [1.807, 2.05) is 0 Å². The third-order valence-corrected chi connectivity index (χ3v) is 14.9. The number of aliphatic hydroxyl groups is 2. The van der Waals surface area contributed by atoms with Gasteiger partial charge in [0, 0.05) is 12.8 Å². The third kappa shape index (κ3) is 54.2. The smallest absolute Gasteiger partial charge is 0.305 e. The summed E-state index contributed by atoms with van der Waals surface area (Å²) in [5.41, 5.74) is 0. The number of hydrogen-bond donors (Lipinski definition) is 3. The maximum absolute atomic E-state index is 12.5. The number of rotatable bonds is 59. The molecule has 3 N–H and O–H groups in total. The summed E-state index contributed by atoms with van der Waals surface area (Å²) in [5, 5.41) is 23.4. The van der Waals surface area contributed by atoms with Gasteiger partial charge in [-0.25, -0.2) is 0 Å². The standard InChI is InChI=1S/C62H123NO5/c1-3-5-7-9-11-13-15-17-18-19-20-22-25-28-31-34-38-42-46-50-54-60(65)59(58-64)63-61(66)55-51-47-43-39-35-32-29-26-23-21-24-27-30-33-37-41-45-49-53-57-68-62(67)56-52-48-44-40-36-16-14-12-10-8-6-4-2/h59-60,64-65H,3-58H2,1-2H3,(H,63,66). The molecule has 6 nitrogen and oxygen atoms in total. The quantitative estimate of drug-likeness (QED) is 0.0417. The SMILES string of the molecule is CCCCCCCCCCCCCCCCCCCCCCC(O)C(CO)NC(=O)CCCCCCCCCCCCCCCCCCCCCOC(=O)CCCCCCCCCCCCCC. The van der Waals surface area contributed by atoms with Crippen molar-refractivity contribution < 1.29 is 24.5 Å². The summed E-state index contributed by atoms with van der Waals surface area (Å²) in [6.07, 6.45) is 68.2. The Morgan fingerprint density at radius 1 is 0.353 bits per heavy atom. The second-order valence-electron chi connectivity index (χ2n) is 21.8. The molecule has 0 saturated carbocycles. The maximum atomic E-state index is 12.5. The van der Waals surface area contributed by atoms with Gasteiger partial charge in [-0.05, 0) is 25.7 Å². The minimum absolute atomic E-state index is 0.0110. The minimum atomic E-state index is -0.666. The van der Waals surface area contributed by atoms with E-state index in [0.717, 1.165) is 38.5 Å². The summed E-state index contributed by atoms with van der Waals surface area (Å²) >= 11 is 0. The zero-order valence-corrected chi connectivity index (χ0v) is 46.4. The van der Waals surface area contributed by atoms with E-state index < -0.39 is 12.1 Å². The van der Waals surface area contributed by atoms with Gasteiger partial charge in [0.15, 0.2) is 0 Å². The number of ether oxygens (including phenoxy) is 1. The van der Waals surface area contributed by atoms with Crippen LogP contribution in [0.4, 0.5) is 0 Å². The molecule has 0 rings (SSSR count). The van der Waals surface area contributed by atoms with E-state index in [-0.39, 0.29) is 18.5 Å². The lowest BCUT2D eigenvalue weighted by molar-refractivity contribution is -0.143. The molecular formula is C62H123NO5. The highest BCUT2D eigenvalue weighted by atomic mass is 16.5. The van der Waals surface area contributed by atoms with Crippen LogP contribution in [0.5, 0.6) is 0 Å². The highest BCUT2D eigenvalue weighted by Crippen LogP contribution is 2.19. The van der Waals surface area contributed by atoms with Crippen LogP contribution in [0.2, 0.25) is 0 Å². The number of amides is 1. The molecule has 68 heavy (non-hydrogen) atoms. The first-order valence-electron chi connectivity index (χ1n) is 31.3. The number of esters is 1. The van der Waals surface area contributed by atoms with E-state index in [2.05, 4.69) is 19.2 Å². The highest BCUT2D eigenvalue weighted by Gasteiger charge is 2.20. The van der Waals surface area contributed by atoms with Gasteiger partial charge < -0.3 is 20.3 Å². The first kappa shape index (κ1) is 66.9. The molecule has 0 heterocycles. The topological polar surface area (TPSA) is 95.9 Å². The van der Waals surface area contributed by atoms with Gasteiger partial charge in [0.2, 0.25) is 5.91 Å². The number of carbonyl (C=O) groups excluding carboxylic acids is 2. The van der Waals surface area contributed by atoms with Crippen LogP contribution >= 0.6 is 0 Å². The summed E-state index contributed by atoms with van der Waals surface area (Å²) in [6, 6.07) is -0.543. The highest BCUT2D eigenvalue weighted by molar-refractivity contribution is 5.76. The van der Waals surface area contributed by atoms with E-state index in [4.69, 9.17) is 4.74 Å². The molecule has 6 heteroatoms. The number of hydrogen-bond acceptors (Lipinski definition) is 5. The molecule has 406 valence electrons. The fraction of sp³-hybridized carbons (Fsp3) is 0.968. The Bertz CT molecular complexity index is 975. The molecule has 0 bridgehead atoms. The molecule has 2 atom stereocenters. The molecule has 0 aliphatic rings. The molecular weight excluding hydrogens is 839 g/mol. The Kier molecular flexibility index (Phi) is 57.5. The molecule has 0 aliphatic heterocycles. The Labute approximate surface area is 426 Å². The van der Waals surface area contributed by atoms with Crippen molar-refractivity contribution in [3.63, 3.8) is 0 Å². The van der Waals surface area contributed by atoms with Gasteiger partial charge >= 0.3 is 5.97 Å². The molecule has 0 spiro atoms. The molecule has 0 saturated heterocycles. The van der Waals surface area contributed by atoms with Gasteiger partial charge in [-0.3, -0.25) is 9.59 Å². The van der Waals surface area contributed by atoms with Crippen molar-refractivity contribution in [2.24, 2.45) is 0 Å². The van der Waals surface area contributed by atoms with E-state index in [0.29, 0.717) is 25.9 Å². The first-order valence-corrected chi connectivity index (χ1v) is 31.3. The summed E-state index contributed by atoms with van der Waals surface area (Å²) in [4.78, 5) is 24.5. The van der Waals surface area contributed by atoms with Gasteiger partial charge in [0.05, 0.1) is 25.4 Å². The van der Waals surface area contributed by atoms with Crippen LogP contribution < -0.4 is 5.32 Å². The van der Waals surface area contributed by atoms with Gasteiger partial charge in [0.25, 0.3) is 0 Å². The van der Waals surface area contributed by atoms with Crippen molar-refractivity contribution in [1.29, 1.82) is 0 Å². The molecule has 2 unspecified atom stereocenters. The minimum Gasteiger partial charge on any atom is -0.466 e.